The van der Waals surface area contributed by atoms with E-state index in [0.29, 0.717) is 11.3 Å². The number of halogens is 2. The highest BCUT2D eigenvalue weighted by molar-refractivity contribution is 7.89. The second kappa shape index (κ2) is 8.73. The zero-order chi connectivity index (χ0) is 21.0. The Hall–Kier alpha value is -2.75. The normalized spacial score (nSPS) is 11.6. The molecule has 1 aromatic carbocycles. The summed E-state index contributed by atoms with van der Waals surface area (Å²) in [7, 11) is -4.08. The Morgan fingerprint density at radius 3 is 2.69 bits per heavy atom. The van der Waals surface area contributed by atoms with Crippen LogP contribution in [0, 0.1) is 12.7 Å². The van der Waals surface area contributed by atoms with E-state index in [-0.39, 0.29) is 22.3 Å². The number of amides is 1. The molecule has 29 heavy (non-hydrogen) atoms. The van der Waals surface area contributed by atoms with Crippen molar-refractivity contribution in [2.75, 3.05) is 11.9 Å². The van der Waals surface area contributed by atoms with Gasteiger partial charge in [0.2, 0.25) is 15.9 Å². The summed E-state index contributed by atoms with van der Waals surface area (Å²) in [5.74, 6) is -0.759. The van der Waals surface area contributed by atoms with E-state index < -0.39 is 28.3 Å². The van der Waals surface area contributed by atoms with E-state index in [4.69, 9.17) is 16.0 Å². The average Bonchev–Trinajstić information content (AvgIpc) is 3.18. The highest BCUT2D eigenvalue weighted by Gasteiger charge is 2.28. The number of sulfonamides is 1. The molecule has 0 aliphatic heterocycles. The van der Waals surface area contributed by atoms with Crippen LogP contribution in [0.1, 0.15) is 11.3 Å². The van der Waals surface area contributed by atoms with Crippen LogP contribution in [0.5, 0.6) is 0 Å². The van der Waals surface area contributed by atoms with Gasteiger partial charge in [-0.1, -0.05) is 17.7 Å². The SMILES string of the molecule is Cc1ccc(NC(=O)CN(Cc2ccco2)S(=O)(=O)c2ccc(Cl)nc2)cc1F. The number of furan rings is 1. The number of carbonyl (C=O) groups is 1. The molecule has 0 bridgehead atoms. The van der Waals surface area contributed by atoms with Crippen molar-refractivity contribution in [1.29, 1.82) is 0 Å². The molecule has 1 amide bonds. The summed E-state index contributed by atoms with van der Waals surface area (Å²) in [5.41, 5.74) is 0.655. The number of benzene rings is 1. The molecule has 0 aliphatic rings. The van der Waals surface area contributed by atoms with Gasteiger partial charge in [0, 0.05) is 11.9 Å². The van der Waals surface area contributed by atoms with Crippen LogP contribution in [0.2, 0.25) is 5.15 Å². The number of pyridine rings is 1. The molecule has 7 nitrogen and oxygen atoms in total. The third kappa shape index (κ3) is 5.20. The summed E-state index contributed by atoms with van der Waals surface area (Å²) >= 11 is 5.73. The van der Waals surface area contributed by atoms with Gasteiger partial charge in [-0.25, -0.2) is 17.8 Å². The lowest BCUT2D eigenvalue weighted by Gasteiger charge is -2.21. The minimum Gasteiger partial charge on any atom is -0.468 e. The van der Waals surface area contributed by atoms with Crippen LogP contribution < -0.4 is 5.32 Å². The van der Waals surface area contributed by atoms with Gasteiger partial charge in [0.25, 0.3) is 0 Å². The number of nitrogens with zero attached hydrogens (tertiary/aromatic N) is 2. The molecule has 1 N–H and O–H groups in total. The number of hydrogen-bond donors (Lipinski definition) is 1. The smallest absolute Gasteiger partial charge is 0.245 e. The van der Waals surface area contributed by atoms with E-state index >= 15 is 0 Å². The molecule has 152 valence electrons. The Balaban J connectivity index is 1.83. The number of rotatable bonds is 7. The number of hydrogen-bond acceptors (Lipinski definition) is 5. The molecule has 0 saturated carbocycles. The summed E-state index contributed by atoms with van der Waals surface area (Å²) in [6.45, 7) is 0.910. The molecular weight excluding hydrogens is 421 g/mol. The number of aromatic nitrogens is 1. The maximum absolute atomic E-state index is 13.7. The second-order valence-corrected chi connectivity index (χ2v) is 8.51. The number of nitrogens with one attached hydrogen (secondary N) is 1. The van der Waals surface area contributed by atoms with Crippen LogP contribution in [0.4, 0.5) is 10.1 Å². The van der Waals surface area contributed by atoms with E-state index in [9.17, 15) is 17.6 Å². The largest absolute Gasteiger partial charge is 0.468 e. The molecule has 10 heteroatoms. The zero-order valence-electron chi connectivity index (χ0n) is 15.3. The van der Waals surface area contributed by atoms with Crippen LogP contribution in [0.25, 0.3) is 0 Å². The van der Waals surface area contributed by atoms with Crippen molar-refractivity contribution in [3.63, 3.8) is 0 Å². The first-order valence-electron chi connectivity index (χ1n) is 8.46. The van der Waals surface area contributed by atoms with Gasteiger partial charge in [0.05, 0.1) is 19.4 Å². The lowest BCUT2D eigenvalue weighted by atomic mass is 10.2. The summed E-state index contributed by atoms with van der Waals surface area (Å²) in [5, 5.41) is 2.64. The van der Waals surface area contributed by atoms with Gasteiger partial charge >= 0.3 is 0 Å². The molecule has 0 radical (unpaired) electrons. The number of anilines is 1. The molecule has 2 heterocycles. The summed E-state index contributed by atoms with van der Waals surface area (Å²) < 4.78 is 45.9. The maximum atomic E-state index is 13.7. The fourth-order valence-electron chi connectivity index (χ4n) is 2.50. The van der Waals surface area contributed by atoms with Crippen LogP contribution in [-0.4, -0.2) is 30.2 Å². The van der Waals surface area contributed by atoms with Crippen molar-refractivity contribution in [2.24, 2.45) is 0 Å². The van der Waals surface area contributed by atoms with Crippen molar-refractivity contribution in [2.45, 2.75) is 18.4 Å². The summed E-state index contributed by atoms with van der Waals surface area (Å²) in [6.07, 6.45) is 2.51. The van der Waals surface area contributed by atoms with Gasteiger partial charge in [-0.15, -0.1) is 0 Å². The Kier molecular flexibility index (Phi) is 6.31. The standard InChI is InChI=1S/C19H17ClFN3O4S/c1-13-4-5-14(9-17(13)21)23-19(25)12-24(11-15-3-2-8-28-15)29(26,27)16-6-7-18(20)22-10-16/h2-10H,11-12H2,1H3,(H,23,25). The van der Waals surface area contributed by atoms with E-state index in [1.54, 1.807) is 19.1 Å². The van der Waals surface area contributed by atoms with E-state index in [1.165, 1.54) is 36.6 Å². The van der Waals surface area contributed by atoms with Crippen LogP contribution >= 0.6 is 11.6 Å². The first-order valence-corrected chi connectivity index (χ1v) is 10.3. The molecule has 3 aromatic rings. The average molecular weight is 438 g/mol. The molecular formula is C19H17ClFN3O4S. The third-order valence-electron chi connectivity index (χ3n) is 4.03. The van der Waals surface area contributed by atoms with Crippen molar-refractivity contribution < 1.29 is 22.0 Å². The first-order chi connectivity index (χ1) is 13.8. The number of aryl methyl sites for hydroxylation is 1. The fraction of sp³-hybridized carbons (Fsp3) is 0.158. The van der Waals surface area contributed by atoms with Gasteiger partial charge in [-0.2, -0.15) is 4.31 Å². The Morgan fingerprint density at radius 1 is 1.28 bits per heavy atom. The Morgan fingerprint density at radius 2 is 2.07 bits per heavy atom. The van der Waals surface area contributed by atoms with Crippen molar-refractivity contribution in [3.8, 4) is 0 Å². The van der Waals surface area contributed by atoms with E-state index in [0.717, 1.165) is 10.5 Å². The van der Waals surface area contributed by atoms with Gasteiger partial charge in [-0.05, 0) is 48.9 Å². The van der Waals surface area contributed by atoms with E-state index in [2.05, 4.69) is 10.3 Å². The molecule has 2 aromatic heterocycles. The molecule has 0 aliphatic carbocycles. The summed E-state index contributed by atoms with van der Waals surface area (Å²) in [6, 6.07) is 10.1. The summed E-state index contributed by atoms with van der Waals surface area (Å²) in [4.78, 5) is 16.1. The molecule has 3 rings (SSSR count). The lowest BCUT2D eigenvalue weighted by molar-refractivity contribution is -0.116. The predicted molar refractivity (Wildman–Crippen MR) is 105 cm³/mol. The molecule has 0 fully saturated rings. The second-order valence-electron chi connectivity index (χ2n) is 6.18. The van der Waals surface area contributed by atoms with Gasteiger partial charge < -0.3 is 9.73 Å². The first kappa shape index (κ1) is 21.0. The van der Waals surface area contributed by atoms with Gasteiger partial charge in [-0.3, -0.25) is 4.79 Å². The zero-order valence-corrected chi connectivity index (χ0v) is 16.9. The minimum absolute atomic E-state index is 0.123. The van der Waals surface area contributed by atoms with Crippen LogP contribution in [-0.2, 0) is 21.4 Å². The molecule has 0 saturated heterocycles. The van der Waals surface area contributed by atoms with Gasteiger partial charge in [0.1, 0.15) is 21.6 Å². The van der Waals surface area contributed by atoms with Crippen molar-refractivity contribution in [3.05, 3.63) is 77.2 Å². The highest BCUT2D eigenvalue weighted by Crippen LogP contribution is 2.20. The Bertz CT molecular complexity index is 1100. The monoisotopic (exact) mass is 437 g/mol. The van der Waals surface area contributed by atoms with Crippen LogP contribution in [0.3, 0.4) is 0 Å². The maximum Gasteiger partial charge on any atom is 0.245 e. The van der Waals surface area contributed by atoms with E-state index in [1.807, 2.05) is 0 Å². The Labute approximate surface area is 172 Å². The van der Waals surface area contributed by atoms with Crippen LogP contribution in [0.15, 0.2) is 64.2 Å². The molecule has 0 spiro atoms. The fourth-order valence-corrected chi connectivity index (χ4v) is 3.92. The van der Waals surface area contributed by atoms with Crippen molar-refractivity contribution in [1.82, 2.24) is 9.29 Å². The lowest BCUT2D eigenvalue weighted by Crippen LogP contribution is -2.37. The molecule has 0 atom stereocenters. The van der Waals surface area contributed by atoms with Gasteiger partial charge in [0.15, 0.2) is 0 Å². The predicted octanol–water partition coefficient (Wildman–Crippen LogP) is 3.61. The minimum atomic E-state index is -4.08. The van der Waals surface area contributed by atoms with Crippen molar-refractivity contribution >= 4 is 33.2 Å². The number of carbonyl (C=O) groups excluding carboxylic acids is 1. The highest BCUT2D eigenvalue weighted by atomic mass is 35.5. The third-order valence-corrected chi connectivity index (χ3v) is 6.02. The molecule has 0 unspecified atom stereocenters. The topological polar surface area (TPSA) is 92.5 Å². The quantitative estimate of drug-likeness (QED) is 0.570.